The molecule has 0 aliphatic carbocycles. The third-order valence-corrected chi connectivity index (χ3v) is 0.924. The SMILES string of the molecule is O=CNNC1=NCCN1. The van der Waals surface area contributed by atoms with Crippen LogP contribution in [0.15, 0.2) is 4.99 Å². The van der Waals surface area contributed by atoms with Crippen molar-refractivity contribution in [3.63, 3.8) is 0 Å². The normalized spacial score (nSPS) is 15.8. The molecule has 1 aliphatic rings. The van der Waals surface area contributed by atoms with Crippen molar-refractivity contribution in [1.82, 2.24) is 16.2 Å². The number of hydrogen-bond donors (Lipinski definition) is 3. The van der Waals surface area contributed by atoms with E-state index in [0.29, 0.717) is 12.4 Å². The number of guanidine groups is 1. The van der Waals surface area contributed by atoms with Crippen LogP contribution in [0, 0.1) is 0 Å². The van der Waals surface area contributed by atoms with Gasteiger partial charge in [0.1, 0.15) is 0 Å². The van der Waals surface area contributed by atoms with Crippen molar-refractivity contribution in [3.8, 4) is 0 Å². The topological polar surface area (TPSA) is 65.5 Å². The summed E-state index contributed by atoms with van der Waals surface area (Å²) in [6.45, 7) is 1.60. The van der Waals surface area contributed by atoms with Gasteiger partial charge in [0.15, 0.2) is 0 Å². The second-order valence-corrected chi connectivity index (χ2v) is 1.54. The fraction of sp³-hybridized carbons (Fsp3) is 0.500. The molecular weight excluding hydrogens is 120 g/mol. The van der Waals surface area contributed by atoms with Crippen molar-refractivity contribution in [3.05, 3.63) is 0 Å². The largest absolute Gasteiger partial charge is 0.353 e. The molecule has 0 saturated carbocycles. The predicted molar refractivity (Wildman–Crippen MR) is 32.6 cm³/mol. The molecule has 1 rings (SSSR count). The van der Waals surface area contributed by atoms with E-state index >= 15 is 0 Å². The minimum Gasteiger partial charge on any atom is -0.353 e. The van der Waals surface area contributed by atoms with Gasteiger partial charge in [0.2, 0.25) is 12.4 Å². The van der Waals surface area contributed by atoms with Crippen LogP contribution in [0.2, 0.25) is 0 Å². The molecule has 0 saturated heterocycles. The van der Waals surface area contributed by atoms with E-state index in [1.54, 1.807) is 0 Å². The van der Waals surface area contributed by atoms with Gasteiger partial charge in [0.05, 0.1) is 6.54 Å². The van der Waals surface area contributed by atoms with E-state index in [-0.39, 0.29) is 0 Å². The van der Waals surface area contributed by atoms with Crippen molar-refractivity contribution < 1.29 is 4.79 Å². The monoisotopic (exact) mass is 128 g/mol. The van der Waals surface area contributed by atoms with Gasteiger partial charge in [-0.15, -0.1) is 0 Å². The molecule has 50 valence electrons. The third-order valence-electron chi connectivity index (χ3n) is 0.924. The molecule has 0 bridgehead atoms. The van der Waals surface area contributed by atoms with Crippen LogP contribution >= 0.6 is 0 Å². The zero-order valence-corrected chi connectivity index (χ0v) is 4.85. The highest BCUT2D eigenvalue weighted by atomic mass is 16.1. The Morgan fingerprint density at radius 1 is 1.78 bits per heavy atom. The Hall–Kier alpha value is -1.26. The predicted octanol–water partition coefficient (Wildman–Crippen LogP) is -1.80. The summed E-state index contributed by atoms with van der Waals surface area (Å²) in [5.74, 6) is 0.627. The van der Waals surface area contributed by atoms with Crippen molar-refractivity contribution in [2.45, 2.75) is 0 Å². The Morgan fingerprint density at radius 3 is 3.22 bits per heavy atom. The highest BCUT2D eigenvalue weighted by Crippen LogP contribution is 1.77. The molecule has 0 atom stereocenters. The lowest BCUT2D eigenvalue weighted by Gasteiger charge is -2.01. The minimum atomic E-state index is 0.558. The van der Waals surface area contributed by atoms with Gasteiger partial charge < -0.3 is 5.32 Å². The first-order valence-electron chi connectivity index (χ1n) is 2.67. The zero-order valence-electron chi connectivity index (χ0n) is 4.85. The zero-order chi connectivity index (χ0) is 6.53. The van der Waals surface area contributed by atoms with Crippen LogP contribution in [0.1, 0.15) is 0 Å². The van der Waals surface area contributed by atoms with E-state index < -0.39 is 0 Å². The lowest BCUT2D eigenvalue weighted by molar-refractivity contribution is -0.110. The van der Waals surface area contributed by atoms with Gasteiger partial charge in [-0.25, -0.2) is 0 Å². The van der Waals surface area contributed by atoms with Gasteiger partial charge in [-0.2, -0.15) is 0 Å². The van der Waals surface area contributed by atoms with Gasteiger partial charge in [0, 0.05) is 6.54 Å². The van der Waals surface area contributed by atoms with E-state index in [0.717, 1.165) is 13.1 Å². The number of carbonyl (C=O) groups is 1. The summed E-state index contributed by atoms with van der Waals surface area (Å²) in [7, 11) is 0. The molecule has 3 N–H and O–H groups in total. The van der Waals surface area contributed by atoms with Crippen LogP contribution in [0.3, 0.4) is 0 Å². The first-order valence-corrected chi connectivity index (χ1v) is 2.67. The van der Waals surface area contributed by atoms with Crippen molar-refractivity contribution in [2.75, 3.05) is 13.1 Å². The molecule has 5 nitrogen and oxygen atoms in total. The number of carbonyl (C=O) groups excluding carboxylic acids is 1. The van der Waals surface area contributed by atoms with Crippen LogP contribution in [-0.4, -0.2) is 25.5 Å². The summed E-state index contributed by atoms with van der Waals surface area (Å²) in [5.41, 5.74) is 4.82. The van der Waals surface area contributed by atoms with Crippen LogP contribution < -0.4 is 16.2 Å². The number of nitrogens with one attached hydrogen (secondary N) is 3. The van der Waals surface area contributed by atoms with Crippen molar-refractivity contribution in [1.29, 1.82) is 0 Å². The standard InChI is InChI=1S/C4H8N4O/c9-3-7-8-4-5-1-2-6-4/h3H,1-2H2,(H,7,9)(H2,5,6,8). The van der Waals surface area contributed by atoms with Gasteiger partial charge in [-0.3, -0.25) is 20.6 Å². The van der Waals surface area contributed by atoms with Crippen LogP contribution in [0.4, 0.5) is 0 Å². The molecule has 0 unspecified atom stereocenters. The summed E-state index contributed by atoms with van der Waals surface area (Å²) < 4.78 is 0. The van der Waals surface area contributed by atoms with Crippen LogP contribution in [0.25, 0.3) is 0 Å². The quantitative estimate of drug-likeness (QED) is 0.303. The van der Waals surface area contributed by atoms with E-state index in [2.05, 4.69) is 21.2 Å². The number of hydrogen-bond acceptors (Lipinski definition) is 4. The van der Waals surface area contributed by atoms with Gasteiger partial charge in [-0.05, 0) is 0 Å². The average Bonchev–Trinajstić information content (AvgIpc) is 2.34. The Kier molecular flexibility index (Phi) is 1.90. The summed E-state index contributed by atoms with van der Waals surface area (Å²) >= 11 is 0. The van der Waals surface area contributed by atoms with Gasteiger partial charge >= 0.3 is 0 Å². The van der Waals surface area contributed by atoms with E-state index in [4.69, 9.17) is 0 Å². The van der Waals surface area contributed by atoms with E-state index in [1.807, 2.05) is 0 Å². The molecule has 0 radical (unpaired) electrons. The Morgan fingerprint density at radius 2 is 2.67 bits per heavy atom. The molecule has 1 aliphatic heterocycles. The molecule has 0 aromatic carbocycles. The van der Waals surface area contributed by atoms with Gasteiger partial charge in [-0.1, -0.05) is 0 Å². The Labute approximate surface area is 52.5 Å². The Bertz CT molecular complexity index is 133. The molecular formula is C4H8N4O. The molecule has 0 fully saturated rings. The molecule has 1 heterocycles. The Balaban J connectivity index is 2.18. The summed E-state index contributed by atoms with van der Waals surface area (Å²) in [4.78, 5) is 13.7. The highest BCUT2D eigenvalue weighted by molar-refractivity contribution is 5.81. The lowest BCUT2D eigenvalue weighted by atomic mass is 10.7. The summed E-state index contributed by atoms with van der Waals surface area (Å²) in [6, 6.07) is 0. The maximum absolute atomic E-state index is 9.71. The molecule has 1 amide bonds. The number of nitrogens with zero attached hydrogens (tertiary/aromatic N) is 1. The highest BCUT2D eigenvalue weighted by Gasteiger charge is 2.00. The van der Waals surface area contributed by atoms with Crippen LogP contribution in [0.5, 0.6) is 0 Å². The fourth-order valence-electron chi connectivity index (χ4n) is 0.579. The van der Waals surface area contributed by atoms with Crippen molar-refractivity contribution >= 4 is 12.4 Å². The van der Waals surface area contributed by atoms with Gasteiger partial charge in [0.25, 0.3) is 0 Å². The maximum Gasteiger partial charge on any atom is 0.225 e. The minimum absolute atomic E-state index is 0.558. The second-order valence-electron chi connectivity index (χ2n) is 1.54. The average molecular weight is 128 g/mol. The third kappa shape index (κ3) is 1.60. The molecule has 0 aromatic rings. The molecule has 0 spiro atoms. The number of amides is 1. The lowest BCUT2D eigenvalue weighted by Crippen LogP contribution is -2.42. The first kappa shape index (κ1) is 5.87. The molecule has 0 aromatic heterocycles. The second kappa shape index (κ2) is 2.91. The fourth-order valence-corrected chi connectivity index (χ4v) is 0.579. The maximum atomic E-state index is 9.71. The molecule has 9 heavy (non-hydrogen) atoms. The summed E-state index contributed by atoms with van der Waals surface area (Å²) in [6.07, 6.45) is 0.558. The number of aliphatic imine (C=N–C) groups is 1. The van der Waals surface area contributed by atoms with Crippen molar-refractivity contribution in [2.24, 2.45) is 4.99 Å². The van der Waals surface area contributed by atoms with E-state index in [1.165, 1.54) is 0 Å². The first-order chi connectivity index (χ1) is 4.43. The number of hydrazine groups is 1. The molecule has 5 heteroatoms. The van der Waals surface area contributed by atoms with Crippen LogP contribution in [-0.2, 0) is 4.79 Å². The van der Waals surface area contributed by atoms with E-state index in [9.17, 15) is 4.79 Å². The smallest absolute Gasteiger partial charge is 0.225 e. The number of rotatable bonds is 2. The summed E-state index contributed by atoms with van der Waals surface area (Å²) in [5, 5.41) is 2.91.